The first kappa shape index (κ1) is 15.8. The van der Waals surface area contributed by atoms with Crippen LogP contribution in [-0.4, -0.2) is 11.1 Å². The fraction of sp³-hybridized carbons (Fsp3) is 0.133. The highest BCUT2D eigenvalue weighted by Gasteiger charge is 2.31. The zero-order chi connectivity index (χ0) is 16.3. The minimum absolute atomic E-state index is 0.00665. The summed E-state index contributed by atoms with van der Waals surface area (Å²) in [6, 6.07) is 7.71. The van der Waals surface area contributed by atoms with Crippen LogP contribution < -0.4 is 4.74 Å². The van der Waals surface area contributed by atoms with E-state index in [0.717, 1.165) is 12.1 Å². The smallest absolute Gasteiger partial charge is 0.416 e. The van der Waals surface area contributed by atoms with Crippen LogP contribution in [0, 0.1) is 5.82 Å². The summed E-state index contributed by atoms with van der Waals surface area (Å²) in [5.41, 5.74) is -1.31. The van der Waals surface area contributed by atoms with Crippen molar-refractivity contribution in [2.75, 3.05) is 0 Å². The zero-order valence-corrected chi connectivity index (χ0v) is 11.0. The van der Waals surface area contributed by atoms with Crippen LogP contribution in [0.1, 0.15) is 21.5 Å². The number of halogens is 4. The number of carboxylic acids is 1. The lowest BCUT2D eigenvalue weighted by Crippen LogP contribution is -2.08. The van der Waals surface area contributed by atoms with Gasteiger partial charge < -0.3 is 9.84 Å². The number of hydrogen-bond donors (Lipinski definition) is 1. The summed E-state index contributed by atoms with van der Waals surface area (Å²) in [5, 5.41) is 8.97. The Labute approximate surface area is 122 Å². The highest BCUT2D eigenvalue weighted by atomic mass is 19.4. The van der Waals surface area contributed by atoms with E-state index in [1.165, 1.54) is 24.3 Å². The molecule has 22 heavy (non-hydrogen) atoms. The van der Waals surface area contributed by atoms with Crippen molar-refractivity contribution in [2.45, 2.75) is 12.8 Å². The summed E-state index contributed by atoms with van der Waals surface area (Å²) >= 11 is 0. The summed E-state index contributed by atoms with van der Waals surface area (Å²) < 4.78 is 56.2. The SMILES string of the molecule is O=C(O)c1ccccc1OCc1cc(F)cc(C(F)(F)F)c1. The van der Waals surface area contributed by atoms with Gasteiger partial charge in [0.1, 0.15) is 23.7 Å². The number of aromatic carboxylic acids is 1. The van der Waals surface area contributed by atoms with Crippen LogP contribution in [0.2, 0.25) is 0 Å². The molecule has 0 atom stereocenters. The van der Waals surface area contributed by atoms with Gasteiger partial charge in [-0.2, -0.15) is 13.2 Å². The van der Waals surface area contributed by atoms with Gasteiger partial charge in [-0.25, -0.2) is 9.18 Å². The van der Waals surface area contributed by atoms with Crippen molar-refractivity contribution >= 4 is 5.97 Å². The highest BCUT2D eigenvalue weighted by molar-refractivity contribution is 5.90. The number of carbonyl (C=O) groups is 1. The van der Waals surface area contributed by atoms with Gasteiger partial charge in [0, 0.05) is 0 Å². The van der Waals surface area contributed by atoms with Gasteiger partial charge in [-0.05, 0) is 35.9 Å². The molecule has 0 aliphatic heterocycles. The summed E-state index contributed by atoms with van der Waals surface area (Å²) in [6.45, 7) is -0.384. The average Bonchev–Trinajstić information content (AvgIpc) is 2.44. The minimum atomic E-state index is -4.67. The highest BCUT2D eigenvalue weighted by Crippen LogP contribution is 2.30. The van der Waals surface area contributed by atoms with Gasteiger partial charge in [-0.3, -0.25) is 0 Å². The van der Waals surface area contributed by atoms with Crippen molar-refractivity contribution in [3.63, 3.8) is 0 Å². The number of alkyl halides is 3. The topological polar surface area (TPSA) is 46.5 Å². The van der Waals surface area contributed by atoms with Crippen molar-refractivity contribution in [3.05, 3.63) is 65.0 Å². The summed E-state index contributed by atoms with van der Waals surface area (Å²) in [5.74, 6) is -2.28. The number of para-hydroxylation sites is 1. The van der Waals surface area contributed by atoms with Crippen molar-refractivity contribution < 1.29 is 32.2 Å². The molecule has 7 heteroatoms. The Bertz CT molecular complexity index is 695. The first-order chi connectivity index (χ1) is 10.3. The number of benzene rings is 2. The van der Waals surface area contributed by atoms with Crippen LogP contribution in [0.25, 0.3) is 0 Å². The van der Waals surface area contributed by atoms with E-state index in [1.54, 1.807) is 0 Å². The largest absolute Gasteiger partial charge is 0.488 e. The molecule has 0 saturated heterocycles. The maximum Gasteiger partial charge on any atom is 0.416 e. The van der Waals surface area contributed by atoms with E-state index in [1.807, 2.05) is 0 Å². The monoisotopic (exact) mass is 314 g/mol. The molecule has 2 aromatic carbocycles. The van der Waals surface area contributed by atoms with Gasteiger partial charge in [0.2, 0.25) is 0 Å². The molecular formula is C15H10F4O3. The zero-order valence-electron chi connectivity index (χ0n) is 11.0. The normalized spacial score (nSPS) is 11.3. The third-order valence-corrected chi connectivity index (χ3v) is 2.80. The molecule has 0 fully saturated rings. The third-order valence-electron chi connectivity index (χ3n) is 2.80. The molecule has 0 heterocycles. The van der Waals surface area contributed by atoms with Gasteiger partial charge in [0.25, 0.3) is 0 Å². The second-order valence-corrected chi connectivity index (χ2v) is 4.44. The van der Waals surface area contributed by atoms with Crippen molar-refractivity contribution in [1.29, 1.82) is 0 Å². The van der Waals surface area contributed by atoms with Gasteiger partial charge in [0.15, 0.2) is 0 Å². The maximum absolute atomic E-state index is 13.2. The van der Waals surface area contributed by atoms with Crippen LogP contribution in [0.5, 0.6) is 5.75 Å². The fourth-order valence-corrected chi connectivity index (χ4v) is 1.83. The predicted molar refractivity (Wildman–Crippen MR) is 69.1 cm³/mol. The summed E-state index contributed by atoms with van der Waals surface area (Å²) in [4.78, 5) is 11.0. The van der Waals surface area contributed by atoms with E-state index < -0.39 is 23.5 Å². The summed E-state index contributed by atoms with van der Waals surface area (Å²) in [7, 11) is 0. The van der Waals surface area contributed by atoms with Gasteiger partial charge in [0.05, 0.1) is 5.56 Å². The average molecular weight is 314 g/mol. The Morgan fingerprint density at radius 1 is 1.14 bits per heavy atom. The third kappa shape index (κ3) is 3.75. The molecule has 0 amide bonds. The van der Waals surface area contributed by atoms with E-state index in [9.17, 15) is 22.4 Å². The standard InChI is InChI=1S/C15H10F4O3/c16-11-6-9(5-10(7-11)15(17,18)19)8-22-13-4-2-1-3-12(13)14(20)21/h1-7H,8H2,(H,20,21). The van der Waals surface area contributed by atoms with E-state index >= 15 is 0 Å². The lowest BCUT2D eigenvalue weighted by Gasteiger charge is -2.11. The second kappa shape index (κ2) is 6.05. The predicted octanol–water partition coefficient (Wildman–Crippen LogP) is 4.12. The molecule has 0 aromatic heterocycles. The van der Waals surface area contributed by atoms with E-state index in [2.05, 4.69) is 0 Å². The molecule has 0 radical (unpaired) electrons. The fourth-order valence-electron chi connectivity index (χ4n) is 1.83. The second-order valence-electron chi connectivity index (χ2n) is 4.44. The molecule has 2 aromatic rings. The molecule has 0 spiro atoms. The number of carboxylic acid groups (broad SMARTS) is 1. The Morgan fingerprint density at radius 2 is 1.82 bits per heavy atom. The molecule has 0 aliphatic rings. The Morgan fingerprint density at radius 3 is 2.45 bits per heavy atom. The van der Waals surface area contributed by atoms with Crippen LogP contribution >= 0.6 is 0 Å². The van der Waals surface area contributed by atoms with E-state index in [0.29, 0.717) is 6.07 Å². The molecule has 0 unspecified atom stereocenters. The lowest BCUT2D eigenvalue weighted by atomic mass is 10.1. The van der Waals surface area contributed by atoms with Crippen LogP contribution in [0.3, 0.4) is 0 Å². The molecule has 116 valence electrons. The lowest BCUT2D eigenvalue weighted by molar-refractivity contribution is -0.137. The Balaban J connectivity index is 2.22. The quantitative estimate of drug-likeness (QED) is 0.864. The van der Waals surface area contributed by atoms with Crippen LogP contribution in [0.4, 0.5) is 17.6 Å². The molecule has 2 rings (SSSR count). The molecule has 0 saturated carbocycles. The molecule has 3 nitrogen and oxygen atoms in total. The van der Waals surface area contributed by atoms with Crippen molar-refractivity contribution in [2.24, 2.45) is 0 Å². The van der Waals surface area contributed by atoms with Gasteiger partial charge in [-0.1, -0.05) is 12.1 Å². The number of hydrogen-bond acceptors (Lipinski definition) is 2. The van der Waals surface area contributed by atoms with Crippen molar-refractivity contribution in [1.82, 2.24) is 0 Å². The minimum Gasteiger partial charge on any atom is -0.488 e. The van der Waals surface area contributed by atoms with E-state index in [4.69, 9.17) is 9.84 Å². The first-order valence-electron chi connectivity index (χ1n) is 6.09. The number of ether oxygens (including phenoxy) is 1. The first-order valence-corrected chi connectivity index (χ1v) is 6.09. The summed E-state index contributed by atoms with van der Waals surface area (Å²) in [6.07, 6.45) is -4.67. The van der Waals surface area contributed by atoms with Gasteiger partial charge >= 0.3 is 12.1 Å². The van der Waals surface area contributed by atoms with E-state index in [-0.39, 0.29) is 23.5 Å². The Kier molecular flexibility index (Phi) is 4.35. The molecule has 1 N–H and O–H groups in total. The Hall–Kier alpha value is -2.57. The van der Waals surface area contributed by atoms with Gasteiger partial charge in [-0.15, -0.1) is 0 Å². The number of rotatable bonds is 4. The molecule has 0 bridgehead atoms. The van der Waals surface area contributed by atoms with Crippen molar-refractivity contribution in [3.8, 4) is 5.75 Å². The molecular weight excluding hydrogens is 304 g/mol. The maximum atomic E-state index is 13.2. The molecule has 0 aliphatic carbocycles. The van der Waals surface area contributed by atoms with Crippen LogP contribution in [0.15, 0.2) is 42.5 Å². The van der Waals surface area contributed by atoms with Crippen LogP contribution in [-0.2, 0) is 12.8 Å².